The van der Waals surface area contributed by atoms with Gasteiger partial charge < -0.3 is 19.2 Å². The molecule has 1 heterocycles. The number of methoxy groups -OCH3 is 2. The van der Waals surface area contributed by atoms with Crippen LogP contribution in [0.25, 0.3) is 10.9 Å². The normalized spacial score (nSPS) is 10.9. The number of aromatic amines is 1. The first kappa shape index (κ1) is 21.0. The average molecular weight is 429 g/mol. The molecule has 2 N–H and O–H groups in total. The van der Waals surface area contributed by atoms with Crippen molar-refractivity contribution >= 4 is 23.0 Å². The molecule has 1 amide bonds. The summed E-state index contributed by atoms with van der Waals surface area (Å²) in [4.78, 5) is 15.6. The molecular formula is C25H23N3O4. The highest BCUT2D eigenvalue weighted by Gasteiger charge is 2.10. The van der Waals surface area contributed by atoms with Crippen LogP contribution in [0.1, 0.15) is 21.5 Å². The van der Waals surface area contributed by atoms with E-state index in [0.29, 0.717) is 23.7 Å². The summed E-state index contributed by atoms with van der Waals surface area (Å²) < 4.78 is 16.3. The quantitative estimate of drug-likeness (QED) is 0.318. The molecule has 0 aliphatic rings. The molecule has 0 unspecified atom stereocenters. The van der Waals surface area contributed by atoms with Gasteiger partial charge in [-0.3, -0.25) is 4.79 Å². The van der Waals surface area contributed by atoms with Gasteiger partial charge in [0.15, 0.2) is 11.5 Å². The van der Waals surface area contributed by atoms with E-state index in [-0.39, 0.29) is 5.91 Å². The van der Waals surface area contributed by atoms with E-state index in [2.05, 4.69) is 15.5 Å². The summed E-state index contributed by atoms with van der Waals surface area (Å²) in [6.45, 7) is 0.504. The minimum absolute atomic E-state index is 0.348. The number of hydrogen-bond acceptors (Lipinski definition) is 5. The Morgan fingerprint density at radius 1 is 1.00 bits per heavy atom. The number of rotatable bonds is 8. The molecule has 1 aromatic heterocycles. The third kappa shape index (κ3) is 4.73. The number of ether oxygens (including phenoxy) is 3. The highest BCUT2D eigenvalue weighted by Crippen LogP contribution is 2.27. The molecule has 4 rings (SSSR count). The average Bonchev–Trinajstić information content (AvgIpc) is 3.25. The molecule has 32 heavy (non-hydrogen) atoms. The highest BCUT2D eigenvalue weighted by atomic mass is 16.5. The van der Waals surface area contributed by atoms with Crippen LogP contribution in [-0.4, -0.2) is 31.3 Å². The Hall–Kier alpha value is -4.26. The lowest BCUT2D eigenvalue weighted by molar-refractivity contribution is 0.0954. The number of fused-ring (bicyclic) bond motifs is 1. The Balaban J connectivity index is 1.41. The van der Waals surface area contributed by atoms with E-state index in [0.717, 1.165) is 27.8 Å². The second-order valence-corrected chi connectivity index (χ2v) is 6.99. The minimum Gasteiger partial charge on any atom is -0.493 e. The van der Waals surface area contributed by atoms with Crippen molar-refractivity contribution in [3.05, 3.63) is 89.6 Å². The molecule has 4 aromatic rings. The predicted molar refractivity (Wildman–Crippen MR) is 124 cm³/mol. The number of nitrogens with zero attached hydrogens (tertiary/aromatic N) is 1. The molecule has 0 radical (unpaired) electrons. The number of hydrazone groups is 1. The van der Waals surface area contributed by atoms with Crippen LogP contribution in [0, 0.1) is 0 Å². The van der Waals surface area contributed by atoms with Crippen molar-refractivity contribution in [1.82, 2.24) is 10.4 Å². The Kier molecular flexibility index (Phi) is 6.36. The zero-order chi connectivity index (χ0) is 22.3. The number of aromatic nitrogens is 1. The molecule has 0 saturated carbocycles. The van der Waals surface area contributed by atoms with Gasteiger partial charge in [0.1, 0.15) is 12.4 Å². The first-order valence-corrected chi connectivity index (χ1v) is 10.0. The Labute approximate surface area is 185 Å². The van der Waals surface area contributed by atoms with Gasteiger partial charge >= 0.3 is 0 Å². The minimum atomic E-state index is -0.348. The zero-order valence-corrected chi connectivity index (χ0v) is 17.8. The number of hydrogen-bond donors (Lipinski definition) is 2. The first-order chi connectivity index (χ1) is 15.7. The SMILES string of the molecule is COc1ccc(C(=O)N/N=C/c2c[nH]c3cc(OCc4ccccc4)ccc23)cc1OC. The van der Waals surface area contributed by atoms with Gasteiger partial charge in [0, 0.05) is 34.3 Å². The maximum absolute atomic E-state index is 12.4. The van der Waals surface area contributed by atoms with Gasteiger partial charge in [0.05, 0.1) is 20.4 Å². The van der Waals surface area contributed by atoms with Crippen LogP contribution in [-0.2, 0) is 6.61 Å². The predicted octanol–water partition coefficient (Wildman–Crippen LogP) is 4.53. The van der Waals surface area contributed by atoms with Gasteiger partial charge in [-0.25, -0.2) is 5.43 Å². The van der Waals surface area contributed by atoms with Crippen LogP contribution < -0.4 is 19.6 Å². The first-order valence-electron chi connectivity index (χ1n) is 10.0. The van der Waals surface area contributed by atoms with Crippen molar-refractivity contribution < 1.29 is 19.0 Å². The van der Waals surface area contributed by atoms with Gasteiger partial charge in [0.2, 0.25) is 0 Å². The van der Waals surface area contributed by atoms with Gasteiger partial charge in [0.25, 0.3) is 5.91 Å². The molecule has 3 aromatic carbocycles. The van der Waals surface area contributed by atoms with Gasteiger partial charge in [-0.2, -0.15) is 5.10 Å². The van der Waals surface area contributed by atoms with E-state index < -0.39 is 0 Å². The van der Waals surface area contributed by atoms with Crippen LogP contribution >= 0.6 is 0 Å². The summed E-state index contributed by atoms with van der Waals surface area (Å²) in [6, 6.07) is 20.8. The largest absolute Gasteiger partial charge is 0.493 e. The zero-order valence-electron chi connectivity index (χ0n) is 17.8. The molecule has 0 atom stereocenters. The van der Waals surface area contributed by atoms with E-state index in [1.807, 2.05) is 54.7 Å². The molecule has 0 bridgehead atoms. The van der Waals surface area contributed by atoms with Gasteiger partial charge in [-0.15, -0.1) is 0 Å². The van der Waals surface area contributed by atoms with E-state index in [1.165, 1.54) is 7.11 Å². The smallest absolute Gasteiger partial charge is 0.271 e. The molecule has 7 heteroatoms. The van der Waals surface area contributed by atoms with Crippen molar-refractivity contribution in [3.63, 3.8) is 0 Å². The molecule has 0 saturated heterocycles. The summed E-state index contributed by atoms with van der Waals surface area (Å²) in [7, 11) is 3.06. The highest BCUT2D eigenvalue weighted by molar-refractivity contribution is 6.00. The van der Waals surface area contributed by atoms with Crippen LogP contribution in [0.15, 0.2) is 78.0 Å². The summed E-state index contributed by atoms with van der Waals surface area (Å²) in [5, 5.41) is 5.06. The molecule has 0 aliphatic carbocycles. The third-order valence-electron chi connectivity index (χ3n) is 4.95. The number of H-pyrrole nitrogens is 1. The third-order valence-corrected chi connectivity index (χ3v) is 4.95. The molecule has 162 valence electrons. The van der Waals surface area contributed by atoms with E-state index in [9.17, 15) is 4.79 Å². The second kappa shape index (κ2) is 9.70. The molecule has 0 fully saturated rings. The van der Waals surface area contributed by atoms with Crippen LogP contribution in [0.3, 0.4) is 0 Å². The summed E-state index contributed by atoms with van der Waals surface area (Å²) in [5.74, 6) is 1.46. The lowest BCUT2D eigenvalue weighted by atomic mass is 10.2. The Morgan fingerprint density at radius 2 is 1.81 bits per heavy atom. The van der Waals surface area contributed by atoms with Crippen molar-refractivity contribution in [2.75, 3.05) is 14.2 Å². The number of carbonyl (C=O) groups excluding carboxylic acids is 1. The number of amides is 1. The fourth-order valence-electron chi connectivity index (χ4n) is 3.27. The lowest BCUT2D eigenvalue weighted by Gasteiger charge is -2.08. The Bertz CT molecular complexity index is 1250. The summed E-state index contributed by atoms with van der Waals surface area (Å²) in [5.41, 5.74) is 5.83. The molecule has 0 spiro atoms. The molecule has 0 aliphatic heterocycles. The van der Waals surface area contributed by atoms with Gasteiger partial charge in [-0.1, -0.05) is 30.3 Å². The van der Waals surface area contributed by atoms with E-state index in [1.54, 1.807) is 31.5 Å². The van der Waals surface area contributed by atoms with Crippen molar-refractivity contribution in [1.29, 1.82) is 0 Å². The Morgan fingerprint density at radius 3 is 2.59 bits per heavy atom. The number of benzene rings is 3. The van der Waals surface area contributed by atoms with Gasteiger partial charge in [-0.05, 0) is 35.9 Å². The standard InChI is InChI=1S/C25H23N3O4/c1-30-23-11-8-18(12-24(23)31-2)25(29)28-27-15-19-14-26-22-13-20(9-10-21(19)22)32-16-17-6-4-3-5-7-17/h3-15,26H,16H2,1-2H3,(H,28,29)/b27-15+. The molecule has 7 nitrogen and oxygen atoms in total. The monoisotopic (exact) mass is 429 g/mol. The van der Waals surface area contributed by atoms with Crippen molar-refractivity contribution in [2.24, 2.45) is 5.10 Å². The van der Waals surface area contributed by atoms with Crippen LogP contribution in [0.5, 0.6) is 17.2 Å². The van der Waals surface area contributed by atoms with Crippen LogP contribution in [0.2, 0.25) is 0 Å². The van der Waals surface area contributed by atoms with E-state index >= 15 is 0 Å². The van der Waals surface area contributed by atoms with Crippen molar-refractivity contribution in [2.45, 2.75) is 6.61 Å². The maximum atomic E-state index is 12.4. The van der Waals surface area contributed by atoms with Crippen LogP contribution in [0.4, 0.5) is 0 Å². The maximum Gasteiger partial charge on any atom is 0.271 e. The molecular weight excluding hydrogens is 406 g/mol. The summed E-state index contributed by atoms with van der Waals surface area (Å²) >= 11 is 0. The second-order valence-electron chi connectivity index (χ2n) is 6.99. The number of carbonyl (C=O) groups is 1. The number of nitrogens with one attached hydrogen (secondary N) is 2. The fourth-order valence-corrected chi connectivity index (χ4v) is 3.27. The lowest BCUT2D eigenvalue weighted by Crippen LogP contribution is -2.17. The van der Waals surface area contributed by atoms with Crippen molar-refractivity contribution in [3.8, 4) is 17.2 Å². The topological polar surface area (TPSA) is 84.9 Å². The van der Waals surface area contributed by atoms with E-state index in [4.69, 9.17) is 14.2 Å². The summed E-state index contributed by atoms with van der Waals surface area (Å²) in [6.07, 6.45) is 3.43. The fraction of sp³-hybridized carbons (Fsp3) is 0.120.